The van der Waals surface area contributed by atoms with Gasteiger partial charge in [0.1, 0.15) is 5.82 Å². The summed E-state index contributed by atoms with van der Waals surface area (Å²) in [7, 11) is 1.91. The second-order valence-corrected chi connectivity index (χ2v) is 5.08. The maximum atomic E-state index is 6.15. The quantitative estimate of drug-likeness (QED) is 0.885. The van der Waals surface area contributed by atoms with Gasteiger partial charge in [-0.05, 0) is 30.0 Å². The summed E-state index contributed by atoms with van der Waals surface area (Å²) in [6, 6.07) is 2.01. The largest absolute Gasteiger partial charge is 0.394 e. The first-order valence-corrected chi connectivity index (χ1v) is 6.46. The lowest BCUT2D eigenvalue weighted by Gasteiger charge is -2.09. The van der Waals surface area contributed by atoms with E-state index in [0.29, 0.717) is 5.92 Å². The van der Waals surface area contributed by atoms with Crippen molar-refractivity contribution in [1.29, 1.82) is 0 Å². The molecule has 19 heavy (non-hydrogen) atoms. The van der Waals surface area contributed by atoms with E-state index >= 15 is 0 Å². The zero-order chi connectivity index (χ0) is 14.0. The summed E-state index contributed by atoms with van der Waals surface area (Å²) < 4.78 is 1.81. The maximum absolute atomic E-state index is 6.15. The monoisotopic (exact) mass is 259 g/mol. The third-order valence-corrected chi connectivity index (χ3v) is 3.24. The van der Waals surface area contributed by atoms with Gasteiger partial charge in [0, 0.05) is 26.0 Å². The van der Waals surface area contributed by atoms with E-state index in [2.05, 4.69) is 36.2 Å². The van der Waals surface area contributed by atoms with Crippen molar-refractivity contribution in [3.8, 4) is 0 Å². The molecule has 102 valence electrons. The minimum atomic E-state index is 0.324. The molecule has 0 saturated carbocycles. The smallest absolute Gasteiger partial charge is 0.148 e. The molecule has 0 aliphatic heterocycles. The lowest BCUT2D eigenvalue weighted by Crippen LogP contribution is -2.07. The molecule has 0 fully saturated rings. The van der Waals surface area contributed by atoms with Crippen molar-refractivity contribution >= 4 is 11.5 Å². The van der Waals surface area contributed by atoms with Gasteiger partial charge in [-0.25, -0.2) is 0 Å². The molecule has 2 aromatic heterocycles. The van der Waals surface area contributed by atoms with E-state index in [9.17, 15) is 0 Å². The topological polar surface area (TPSA) is 68.8 Å². The molecular formula is C14H21N5. The summed E-state index contributed by atoms with van der Waals surface area (Å²) in [5, 5.41) is 7.82. The highest BCUT2D eigenvalue weighted by molar-refractivity contribution is 5.65. The van der Waals surface area contributed by atoms with Gasteiger partial charge in [-0.3, -0.25) is 9.67 Å². The minimum Gasteiger partial charge on any atom is -0.394 e. The molecule has 0 saturated heterocycles. The van der Waals surface area contributed by atoms with E-state index in [0.717, 1.165) is 23.7 Å². The number of rotatable bonds is 4. The van der Waals surface area contributed by atoms with E-state index in [1.807, 2.05) is 19.3 Å². The Hall–Kier alpha value is -2.04. The molecule has 0 aliphatic rings. The van der Waals surface area contributed by atoms with Crippen molar-refractivity contribution in [1.82, 2.24) is 14.8 Å². The first kappa shape index (κ1) is 13.4. The molecule has 0 atom stereocenters. The number of pyridine rings is 1. The normalized spacial score (nSPS) is 11.0. The van der Waals surface area contributed by atoms with Crippen LogP contribution in [-0.4, -0.2) is 14.8 Å². The first-order chi connectivity index (χ1) is 9.00. The van der Waals surface area contributed by atoms with Crippen LogP contribution in [0.25, 0.3) is 0 Å². The average molecular weight is 259 g/mol. The number of nitrogens with one attached hydrogen (secondary N) is 1. The number of aryl methyl sites for hydroxylation is 2. The highest BCUT2D eigenvalue weighted by Crippen LogP contribution is 2.28. The molecule has 5 heteroatoms. The lowest BCUT2D eigenvalue weighted by atomic mass is 10.1. The predicted octanol–water partition coefficient (Wildman–Crippen LogP) is 2.44. The average Bonchev–Trinajstić information content (AvgIpc) is 2.65. The molecular weight excluding hydrogens is 238 g/mol. The molecule has 0 radical (unpaired) electrons. The van der Waals surface area contributed by atoms with Gasteiger partial charge in [-0.1, -0.05) is 13.8 Å². The van der Waals surface area contributed by atoms with Crippen molar-refractivity contribution < 1.29 is 0 Å². The second kappa shape index (κ2) is 5.30. The fraction of sp³-hybridized carbons (Fsp3) is 0.429. The van der Waals surface area contributed by atoms with Gasteiger partial charge in [-0.15, -0.1) is 0 Å². The summed E-state index contributed by atoms with van der Waals surface area (Å²) in [6.07, 6.45) is 3.67. The van der Waals surface area contributed by atoms with Crippen LogP contribution in [0.5, 0.6) is 0 Å². The number of hydrogen-bond donors (Lipinski definition) is 2. The summed E-state index contributed by atoms with van der Waals surface area (Å²) >= 11 is 0. The Morgan fingerprint density at radius 3 is 2.74 bits per heavy atom. The SMILES string of the molecule is Cc1cnccc1CNc1c(N)c(C(C)C)nn1C. The van der Waals surface area contributed by atoms with Gasteiger partial charge >= 0.3 is 0 Å². The van der Waals surface area contributed by atoms with Crippen LogP contribution >= 0.6 is 0 Å². The van der Waals surface area contributed by atoms with Crippen LogP contribution in [0.4, 0.5) is 11.5 Å². The van der Waals surface area contributed by atoms with Crippen molar-refractivity contribution in [3.63, 3.8) is 0 Å². The zero-order valence-electron chi connectivity index (χ0n) is 11.9. The summed E-state index contributed by atoms with van der Waals surface area (Å²) in [6.45, 7) is 6.96. The summed E-state index contributed by atoms with van der Waals surface area (Å²) in [5.74, 6) is 1.20. The van der Waals surface area contributed by atoms with Gasteiger partial charge in [0.25, 0.3) is 0 Å². The number of aromatic nitrogens is 3. The Kier molecular flexibility index (Phi) is 3.74. The molecule has 2 aromatic rings. The second-order valence-electron chi connectivity index (χ2n) is 5.08. The first-order valence-electron chi connectivity index (χ1n) is 6.46. The Morgan fingerprint density at radius 2 is 2.16 bits per heavy atom. The molecule has 2 rings (SSSR count). The van der Waals surface area contributed by atoms with Crippen LogP contribution < -0.4 is 11.1 Å². The van der Waals surface area contributed by atoms with Crippen LogP contribution in [0.1, 0.15) is 36.6 Å². The van der Waals surface area contributed by atoms with Gasteiger partial charge in [0.2, 0.25) is 0 Å². The molecule has 5 nitrogen and oxygen atoms in total. The number of anilines is 2. The molecule has 0 aromatic carbocycles. The Balaban J connectivity index is 2.19. The zero-order valence-corrected chi connectivity index (χ0v) is 11.9. The molecule has 0 spiro atoms. The van der Waals surface area contributed by atoms with Crippen molar-refractivity contribution in [2.24, 2.45) is 7.05 Å². The number of nitrogen functional groups attached to an aromatic ring is 1. The van der Waals surface area contributed by atoms with Crippen molar-refractivity contribution in [3.05, 3.63) is 35.3 Å². The van der Waals surface area contributed by atoms with Crippen LogP contribution in [0.2, 0.25) is 0 Å². The third-order valence-electron chi connectivity index (χ3n) is 3.24. The molecule has 3 N–H and O–H groups in total. The van der Waals surface area contributed by atoms with E-state index in [-0.39, 0.29) is 0 Å². The Bertz CT molecular complexity index is 571. The number of hydrogen-bond acceptors (Lipinski definition) is 4. The molecule has 0 aliphatic carbocycles. The van der Waals surface area contributed by atoms with E-state index < -0.39 is 0 Å². The Morgan fingerprint density at radius 1 is 1.42 bits per heavy atom. The third kappa shape index (κ3) is 2.70. The van der Waals surface area contributed by atoms with Gasteiger partial charge < -0.3 is 11.1 Å². The predicted molar refractivity (Wildman–Crippen MR) is 78.0 cm³/mol. The van der Waals surface area contributed by atoms with Crippen LogP contribution in [-0.2, 0) is 13.6 Å². The molecule has 2 heterocycles. The maximum Gasteiger partial charge on any atom is 0.148 e. The standard InChI is InChI=1S/C14H21N5/c1-9(2)13-12(15)14(19(4)18-13)17-8-11-5-6-16-7-10(11)3/h5-7,9,17H,8,15H2,1-4H3. The van der Waals surface area contributed by atoms with Gasteiger partial charge in [0.05, 0.1) is 11.4 Å². The summed E-state index contributed by atoms with van der Waals surface area (Å²) in [4.78, 5) is 4.09. The van der Waals surface area contributed by atoms with E-state index in [4.69, 9.17) is 5.73 Å². The summed E-state index contributed by atoms with van der Waals surface area (Å²) in [5.41, 5.74) is 10.2. The Labute approximate surface area is 113 Å². The number of nitrogens with two attached hydrogens (primary N) is 1. The fourth-order valence-corrected chi connectivity index (χ4v) is 2.08. The van der Waals surface area contributed by atoms with Crippen LogP contribution in [0.3, 0.4) is 0 Å². The van der Waals surface area contributed by atoms with Crippen molar-refractivity contribution in [2.75, 3.05) is 11.1 Å². The van der Waals surface area contributed by atoms with Crippen LogP contribution in [0, 0.1) is 6.92 Å². The fourth-order valence-electron chi connectivity index (χ4n) is 2.08. The van der Waals surface area contributed by atoms with Gasteiger partial charge in [0.15, 0.2) is 0 Å². The number of nitrogens with zero attached hydrogens (tertiary/aromatic N) is 3. The lowest BCUT2D eigenvalue weighted by molar-refractivity contribution is 0.715. The van der Waals surface area contributed by atoms with E-state index in [1.165, 1.54) is 11.1 Å². The minimum absolute atomic E-state index is 0.324. The highest BCUT2D eigenvalue weighted by Gasteiger charge is 2.15. The van der Waals surface area contributed by atoms with Crippen molar-refractivity contribution in [2.45, 2.75) is 33.2 Å². The molecule has 0 amide bonds. The van der Waals surface area contributed by atoms with Gasteiger partial charge in [-0.2, -0.15) is 5.10 Å². The van der Waals surface area contributed by atoms with Crippen LogP contribution in [0.15, 0.2) is 18.5 Å². The van der Waals surface area contributed by atoms with E-state index in [1.54, 1.807) is 10.9 Å². The molecule has 0 bridgehead atoms. The highest BCUT2D eigenvalue weighted by atomic mass is 15.3. The molecule has 0 unspecified atom stereocenters.